The Hall–Kier alpha value is -1.66. The van der Waals surface area contributed by atoms with Crippen LogP contribution in [0.3, 0.4) is 0 Å². The van der Waals surface area contributed by atoms with Gasteiger partial charge in [0.15, 0.2) is 5.78 Å². The molecule has 2 aromatic carbocycles. The van der Waals surface area contributed by atoms with Gasteiger partial charge in [-0.25, -0.2) is 14.4 Å². The molecule has 1 heterocycles. The summed E-state index contributed by atoms with van der Waals surface area (Å²) in [6.45, 7) is 0. The van der Waals surface area contributed by atoms with E-state index in [0.29, 0.717) is 20.8 Å². The van der Waals surface area contributed by atoms with Crippen LogP contribution < -0.4 is 0 Å². The Bertz CT molecular complexity index is 967. The summed E-state index contributed by atoms with van der Waals surface area (Å²) in [5.74, 6) is -0.945. The van der Waals surface area contributed by atoms with Crippen molar-refractivity contribution in [1.29, 1.82) is 0 Å². The Morgan fingerprint density at radius 3 is 2.50 bits per heavy atom. The van der Waals surface area contributed by atoms with Gasteiger partial charge >= 0.3 is 0 Å². The van der Waals surface area contributed by atoms with Crippen LogP contribution in [0.15, 0.2) is 58.7 Å². The number of halogens is 4. The predicted octanol–water partition coefficient (Wildman–Crippen LogP) is 6.15. The Labute approximate surface area is 168 Å². The SMILES string of the molecule is O=C(Cc1cccc(Sc2cnc(Cl)cn2)c1Cl)c1cccc(F)c1Cl. The molecule has 0 atom stereocenters. The number of carbonyl (C=O) groups is 1. The first-order valence-corrected chi connectivity index (χ1v) is 9.30. The lowest BCUT2D eigenvalue weighted by Crippen LogP contribution is -2.06. The Morgan fingerprint density at radius 1 is 1.00 bits per heavy atom. The highest BCUT2D eigenvalue weighted by atomic mass is 35.5. The van der Waals surface area contributed by atoms with Crippen molar-refractivity contribution in [2.45, 2.75) is 16.3 Å². The predicted molar refractivity (Wildman–Crippen MR) is 102 cm³/mol. The molecule has 0 aliphatic carbocycles. The van der Waals surface area contributed by atoms with Gasteiger partial charge in [0.2, 0.25) is 0 Å². The van der Waals surface area contributed by atoms with Crippen molar-refractivity contribution in [2.75, 3.05) is 0 Å². The highest BCUT2D eigenvalue weighted by Crippen LogP contribution is 2.35. The molecule has 132 valence electrons. The number of hydrogen-bond donors (Lipinski definition) is 0. The maximum Gasteiger partial charge on any atom is 0.168 e. The monoisotopic (exact) mass is 426 g/mol. The summed E-state index contributed by atoms with van der Waals surface area (Å²) in [5, 5.41) is 1.16. The molecule has 3 aromatic rings. The van der Waals surface area contributed by atoms with Gasteiger partial charge < -0.3 is 0 Å². The first-order chi connectivity index (χ1) is 12.5. The molecule has 0 saturated carbocycles. The van der Waals surface area contributed by atoms with Crippen molar-refractivity contribution in [3.05, 3.63) is 80.9 Å². The second-order valence-corrected chi connectivity index (χ2v) is 7.42. The number of ketones is 1. The zero-order valence-electron chi connectivity index (χ0n) is 13.0. The lowest BCUT2D eigenvalue weighted by Gasteiger charge is -2.09. The molecule has 0 aliphatic heterocycles. The summed E-state index contributed by atoms with van der Waals surface area (Å²) < 4.78 is 13.6. The van der Waals surface area contributed by atoms with Gasteiger partial charge in [-0.1, -0.05) is 64.8 Å². The average Bonchev–Trinajstić information content (AvgIpc) is 2.62. The third kappa shape index (κ3) is 4.35. The average molecular weight is 428 g/mol. The molecule has 26 heavy (non-hydrogen) atoms. The van der Waals surface area contributed by atoms with E-state index < -0.39 is 5.82 Å². The molecule has 8 heteroatoms. The maximum atomic E-state index is 13.6. The third-order valence-corrected chi connectivity index (χ3v) is 5.58. The number of rotatable bonds is 5. The smallest absolute Gasteiger partial charge is 0.168 e. The molecule has 3 nitrogen and oxygen atoms in total. The summed E-state index contributed by atoms with van der Waals surface area (Å²) in [7, 11) is 0. The highest BCUT2D eigenvalue weighted by Gasteiger charge is 2.17. The van der Waals surface area contributed by atoms with E-state index in [2.05, 4.69) is 9.97 Å². The highest BCUT2D eigenvalue weighted by molar-refractivity contribution is 7.99. The lowest BCUT2D eigenvalue weighted by atomic mass is 10.0. The fourth-order valence-electron chi connectivity index (χ4n) is 2.22. The molecule has 0 N–H and O–H groups in total. The number of Topliss-reactive ketones (excluding diaryl/α,β-unsaturated/α-hetero) is 1. The van der Waals surface area contributed by atoms with Crippen molar-refractivity contribution in [3.8, 4) is 0 Å². The maximum absolute atomic E-state index is 13.6. The van der Waals surface area contributed by atoms with Gasteiger partial charge in [-0.3, -0.25) is 4.79 Å². The molecule has 0 radical (unpaired) electrons. The van der Waals surface area contributed by atoms with E-state index in [1.165, 1.54) is 42.4 Å². The topological polar surface area (TPSA) is 42.9 Å². The van der Waals surface area contributed by atoms with Crippen LogP contribution in [0.2, 0.25) is 15.2 Å². The van der Waals surface area contributed by atoms with Crippen molar-refractivity contribution in [1.82, 2.24) is 9.97 Å². The second-order valence-electron chi connectivity index (χ2n) is 5.21. The van der Waals surface area contributed by atoms with Crippen LogP contribution in [0.1, 0.15) is 15.9 Å². The Morgan fingerprint density at radius 2 is 1.77 bits per heavy atom. The van der Waals surface area contributed by atoms with E-state index >= 15 is 0 Å². The number of nitrogens with zero attached hydrogens (tertiary/aromatic N) is 2. The van der Waals surface area contributed by atoms with Gasteiger partial charge in [-0.05, 0) is 23.8 Å². The van der Waals surface area contributed by atoms with Gasteiger partial charge in [0.1, 0.15) is 16.0 Å². The molecule has 3 rings (SSSR count). The minimum absolute atomic E-state index is 0.00268. The van der Waals surface area contributed by atoms with Crippen molar-refractivity contribution in [3.63, 3.8) is 0 Å². The van der Waals surface area contributed by atoms with Crippen LogP contribution in [-0.4, -0.2) is 15.8 Å². The zero-order valence-corrected chi connectivity index (χ0v) is 16.1. The molecule has 0 spiro atoms. The molecule has 0 unspecified atom stereocenters. The molecular formula is C18H10Cl3FN2OS. The Balaban J connectivity index is 1.84. The Kier molecular flexibility index (Phi) is 6.14. The van der Waals surface area contributed by atoms with Gasteiger partial charge in [-0.15, -0.1) is 0 Å². The summed E-state index contributed by atoms with van der Waals surface area (Å²) >= 11 is 19.4. The molecular weight excluding hydrogens is 418 g/mol. The number of aromatic nitrogens is 2. The number of hydrogen-bond acceptors (Lipinski definition) is 4. The summed E-state index contributed by atoms with van der Waals surface area (Å²) in [4.78, 5) is 21.3. The molecule has 0 amide bonds. The van der Waals surface area contributed by atoms with E-state index in [-0.39, 0.29) is 22.8 Å². The van der Waals surface area contributed by atoms with E-state index in [9.17, 15) is 9.18 Å². The van der Waals surface area contributed by atoms with Crippen LogP contribution in [0.25, 0.3) is 0 Å². The van der Waals surface area contributed by atoms with Crippen molar-refractivity contribution >= 4 is 52.3 Å². The molecule has 0 bridgehead atoms. The van der Waals surface area contributed by atoms with Gasteiger partial charge in [0.25, 0.3) is 0 Å². The van der Waals surface area contributed by atoms with Crippen LogP contribution in [0.5, 0.6) is 0 Å². The van der Waals surface area contributed by atoms with Gasteiger partial charge in [0, 0.05) is 16.9 Å². The van der Waals surface area contributed by atoms with Crippen LogP contribution in [0.4, 0.5) is 4.39 Å². The minimum atomic E-state index is -0.630. The lowest BCUT2D eigenvalue weighted by molar-refractivity contribution is 0.0992. The largest absolute Gasteiger partial charge is 0.294 e. The molecule has 1 aromatic heterocycles. The third-order valence-electron chi connectivity index (χ3n) is 3.46. The number of benzene rings is 2. The van der Waals surface area contributed by atoms with Gasteiger partial charge in [-0.2, -0.15) is 0 Å². The second kappa shape index (κ2) is 8.35. The summed E-state index contributed by atoms with van der Waals surface area (Å²) in [5.41, 5.74) is 0.744. The zero-order chi connectivity index (χ0) is 18.7. The van der Waals surface area contributed by atoms with E-state index in [1.54, 1.807) is 12.1 Å². The molecule has 0 fully saturated rings. The van der Waals surface area contributed by atoms with Crippen LogP contribution in [0, 0.1) is 5.82 Å². The van der Waals surface area contributed by atoms with Crippen molar-refractivity contribution < 1.29 is 9.18 Å². The standard InChI is InChI=1S/C18H10Cl3FN2OS/c19-15-8-24-16(9-23-15)26-14-6-1-3-10(17(14)20)7-13(25)11-4-2-5-12(22)18(11)21/h1-6,8-9H,7H2. The van der Waals surface area contributed by atoms with Crippen molar-refractivity contribution in [2.24, 2.45) is 0 Å². The van der Waals surface area contributed by atoms with E-state index in [4.69, 9.17) is 34.8 Å². The number of carbonyl (C=O) groups excluding carboxylic acids is 1. The van der Waals surface area contributed by atoms with Crippen LogP contribution in [-0.2, 0) is 6.42 Å². The minimum Gasteiger partial charge on any atom is -0.294 e. The quantitative estimate of drug-likeness (QED) is 0.458. The first kappa shape index (κ1) is 19.1. The fourth-order valence-corrected chi connectivity index (χ4v) is 3.67. The van der Waals surface area contributed by atoms with Crippen LogP contribution >= 0.6 is 46.6 Å². The van der Waals surface area contributed by atoms with E-state index in [1.807, 2.05) is 6.07 Å². The van der Waals surface area contributed by atoms with E-state index in [0.717, 1.165) is 4.90 Å². The molecule has 0 aliphatic rings. The molecule has 0 saturated heterocycles. The summed E-state index contributed by atoms with van der Waals surface area (Å²) in [6.07, 6.45) is 2.98. The summed E-state index contributed by atoms with van der Waals surface area (Å²) in [6, 6.07) is 9.48. The normalized spacial score (nSPS) is 10.8. The van der Waals surface area contributed by atoms with Gasteiger partial charge in [0.05, 0.1) is 22.4 Å². The first-order valence-electron chi connectivity index (χ1n) is 7.35. The fraction of sp³-hybridized carbons (Fsp3) is 0.0556.